The number of amides is 1. The zero-order valence-electron chi connectivity index (χ0n) is 22.4. The number of anilines is 1. The minimum atomic E-state index is -0.834. The normalized spacial score (nSPS) is 11.1. The Labute approximate surface area is 236 Å². The summed E-state index contributed by atoms with van der Waals surface area (Å²) in [6.07, 6.45) is 9.63. The van der Waals surface area contributed by atoms with E-state index in [4.69, 9.17) is 4.74 Å². The van der Waals surface area contributed by atoms with Gasteiger partial charge < -0.3 is 19.2 Å². The Hall–Kier alpha value is -5.85. The van der Waals surface area contributed by atoms with Crippen LogP contribution >= 0.6 is 0 Å². The highest BCUT2D eigenvalue weighted by Crippen LogP contribution is 2.30. The summed E-state index contributed by atoms with van der Waals surface area (Å²) in [6.45, 7) is 1.95. The number of H-pyrrole nitrogens is 1. The largest absolute Gasteiger partial charge is 0.437 e. The quantitative estimate of drug-likeness (QED) is 0.312. The van der Waals surface area contributed by atoms with E-state index >= 15 is 0 Å². The van der Waals surface area contributed by atoms with Gasteiger partial charge in [-0.15, -0.1) is 0 Å². The van der Waals surface area contributed by atoms with Gasteiger partial charge >= 0.3 is 5.69 Å². The molecule has 0 radical (unpaired) electrons. The fourth-order valence-corrected chi connectivity index (χ4v) is 4.52. The van der Waals surface area contributed by atoms with Crippen LogP contribution in [0.15, 0.2) is 95.4 Å². The molecule has 6 rings (SSSR count). The third kappa shape index (κ3) is 4.83. The summed E-state index contributed by atoms with van der Waals surface area (Å²) in [4.78, 5) is 51.6. The molecule has 1 aromatic carbocycles. The maximum absolute atomic E-state index is 13.5. The van der Waals surface area contributed by atoms with Gasteiger partial charge in [-0.05, 0) is 49.4 Å². The zero-order chi connectivity index (χ0) is 29.4. The van der Waals surface area contributed by atoms with Gasteiger partial charge in [0.15, 0.2) is 5.75 Å². The molecular weight excluding hydrogens is 543 g/mol. The van der Waals surface area contributed by atoms with Crippen LogP contribution in [-0.2, 0) is 7.05 Å². The lowest BCUT2D eigenvalue weighted by molar-refractivity contribution is 0.0986. The summed E-state index contributed by atoms with van der Waals surface area (Å²) < 4.78 is 23.8. The summed E-state index contributed by atoms with van der Waals surface area (Å²) in [6, 6.07) is 11.7. The van der Waals surface area contributed by atoms with Crippen molar-refractivity contribution in [2.24, 2.45) is 7.05 Å². The van der Waals surface area contributed by atoms with Crippen molar-refractivity contribution < 1.29 is 13.9 Å². The number of nitrogens with zero attached hydrogens (tertiary/aromatic N) is 7. The molecule has 42 heavy (non-hydrogen) atoms. The van der Waals surface area contributed by atoms with Crippen molar-refractivity contribution in [3.8, 4) is 28.6 Å². The molecule has 0 aliphatic heterocycles. The van der Waals surface area contributed by atoms with Gasteiger partial charge in [-0.2, -0.15) is 5.10 Å². The topological polar surface area (TPSA) is 132 Å². The summed E-state index contributed by atoms with van der Waals surface area (Å²) in [5, 5.41) is 4.32. The second-order valence-corrected chi connectivity index (χ2v) is 9.31. The van der Waals surface area contributed by atoms with Gasteiger partial charge in [0.25, 0.3) is 11.5 Å². The predicted molar refractivity (Wildman–Crippen MR) is 152 cm³/mol. The number of ether oxygens (including phenoxy) is 1. The average molecular weight is 567 g/mol. The van der Waals surface area contributed by atoms with Crippen molar-refractivity contribution in [2.45, 2.75) is 6.92 Å². The number of carbonyl (C=O) groups excluding carboxylic acids is 1. The van der Waals surface area contributed by atoms with Crippen LogP contribution in [0.25, 0.3) is 22.5 Å². The van der Waals surface area contributed by atoms with E-state index < -0.39 is 23.0 Å². The first-order chi connectivity index (χ1) is 20.3. The molecule has 0 atom stereocenters. The van der Waals surface area contributed by atoms with Crippen LogP contribution in [0.1, 0.15) is 17.3 Å². The molecule has 0 aliphatic carbocycles. The maximum Gasteiger partial charge on any atom is 0.333 e. The van der Waals surface area contributed by atoms with Crippen molar-refractivity contribution in [3.05, 3.63) is 118 Å². The van der Waals surface area contributed by atoms with Crippen LogP contribution in [0.4, 0.5) is 10.1 Å². The molecule has 0 bridgehead atoms. The first kappa shape index (κ1) is 26.4. The SMILES string of the molecule is CCN(C(=O)c1c[nH]c(=O)n(-c2ccc(F)cc2)c1=O)c1ccc(Oc2cc(-c3cn(C)cn3)cn3nccc23)nc1. The standard InChI is InChI=1S/C29H23FN8O4/c1-3-36(27(39)22-14-32-29(41)38(28(22)40)20-6-4-19(30)5-7-20)21-8-9-26(31-13-21)42-25-12-18(23-16-35(2)17-33-23)15-37-24(25)10-11-34-37/h4-17H,3H2,1-2H3,(H,32,41). The van der Waals surface area contributed by atoms with E-state index in [2.05, 4.69) is 20.1 Å². The first-order valence-corrected chi connectivity index (χ1v) is 12.8. The number of aromatic nitrogens is 7. The van der Waals surface area contributed by atoms with Gasteiger partial charge in [0.05, 0.1) is 35.8 Å². The molecule has 0 aliphatic rings. The minimum Gasteiger partial charge on any atom is -0.437 e. The third-order valence-corrected chi connectivity index (χ3v) is 6.57. The lowest BCUT2D eigenvalue weighted by atomic mass is 10.2. The molecule has 0 saturated heterocycles. The number of nitrogens with one attached hydrogen (secondary N) is 1. The van der Waals surface area contributed by atoms with Crippen molar-refractivity contribution in [1.82, 2.24) is 33.7 Å². The van der Waals surface area contributed by atoms with E-state index in [0.717, 1.165) is 39.7 Å². The minimum absolute atomic E-state index is 0.128. The number of pyridine rings is 2. The number of fused-ring (bicyclic) bond motifs is 1. The van der Waals surface area contributed by atoms with Crippen LogP contribution in [-0.4, -0.2) is 46.2 Å². The summed E-state index contributed by atoms with van der Waals surface area (Å²) in [5.74, 6) is -0.391. The van der Waals surface area contributed by atoms with Gasteiger partial charge in [0, 0.05) is 43.8 Å². The van der Waals surface area contributed by atoms with Crippen LogP contribution in [0.2, 0.25) is 0 Å². The number of imidazole rings is 1. The zero-order valence-corrected chi connectivity index (χ0v) is 22.4. The molecule has 5 aromatic heterocycles. The maximum atomic E-state index is 13.5. The summed E-state index contributed by atoms with van der Waals surface area (Å²) in [7, 11) is 1.88. The number of benzene rings is 1. The number of aromatic amines is 1. The number of hydrogen-bond acceptors (Lipinski definition) is 7. The van der Waals surface area contributed by atoms with Crippen LogP contribution in [0, 0.1) is 5.82 Å². The monoisotopic (exact) mass is 566 g/mol. The van der Waals surface area contributed by atoms with Crippen molar-refractivity contribution >= 4 is 17.1 Å². The van der Waals surface area contributed by atoms with Crippen LogP contribution < -0.4 is 20.9 Å². The summed E-state index contributed by atoms with van der Waals surface area (Å²) in [5.41, 5.74) is 0.952. The number of carbonyl (C=O) groups is 1. The highest BCUT2D eigenvalue weighted by molar-refractivity contribution is 6.05. The molecule has 0 unspecified atom stereocenters. The Morgan fingerprint density at radius 3 is 2.57 bits per heavy atom. The number of aryl methyl sites for hydroxylation is 1. The fourth-order valence-electron chi connectivity index (χ4n) is 4.52. The average Bonchev–Trinajstić information content (AvgIpc) is 3.64. The lowest BCUT2D eigenvalue weighted by Crippen LogP contribution is -2.41. The molecule has 1 amide bonds. The molecule has 1 N–H and O–H groups in total. The molecule has 0 fully saturated rings. The lowest BCUT2D eigenvalue weighted by Gasteiger charge is -2.21. The smallest absolute Gasteiger partial charge is 0.333 e. The predicted octanol–water partition coefficient (Wildman–Crippen LogP) is 3.57. The van der Waals surface area contributed by atoms with Crippen LogP contribution in [0.5, 0.6) is 11.6 Å². The van der Waals surface area contributed by atoms with Crippen molar-refractivity contribution in [1.29, 1.82) is 0 Å². The molecule has 5 heterocycles. The summed E-state index contributed by atoms with van der Waals surface area (Å²) >= 11 is 0. The van der Waals surface area contributed by atoms with Gasteiger partial charge in [-0.25, -0.2) is 28.2 Å². The molecule has 12 nitrogen and oxygen atoms in total. The van der Waals surface area contributed by atoms with E-state index in [1.807, 2.05) is 36.1 Å². The van der Waals surface area contributed by atoms with Gasteiger partial charge in [0.1, 0.15) is 16.9 Å². The van der Waals surface area contributed by atoms with E-state index in [1.165, 1.54) is 23.2 Å². The first-order valence-electron chi connectivity index (χ1n) is 12.8. The molecule has 13 heteroatoms. The molecule has 6 aromatic rings. The van der Waals surface area contributed by atoms with Crippen LogP contribution in [0.3, 0.4) is 0 Å². The number of rotatable bonds is 7. The Kier molecular flexibility index (Phi) is 6.66. The fraction of sp³-hybridized carbons (Fsp3) is 0.103. The van der Waals surface area contributed by atoms with Gasteiger partial charge in [-0.1, -0.05) is 0 Å². The highest BCUT2D eigenvalue weighted by atomic mass is 19.1. The Morgan fingerprint density at radius 2 is 1.88 bits per heavy atom. The van der Waals surface area contributed by atoms with E-state index in [0.29, 0.717) is 11.4 Å². The van der Waals surface area contributed by atoms with E-state index in [-0.39, 0.29) is 23.7 Å². The van der Waals surface area contributed by atoms with E-state index in [9.17, 15) is 18.8 Å². The van der Waals surface area contributed by atoms with E-state index in [1.54, 1.807) is 36.1 Å². The second-order valence-electron chi connectivity index (χ2n) is 9.31. The highest BCUT2D eigenvalue weighted by Gasteiger charge is 2.22. The second kappa shape index (κ2) is 10.6. The third-order valence-electron chi connectivity index (χ3n) is 6.57. The molecule has 210 valence electrons. The Bertz CT molecular complexity index is 2040. The number of hydrogen-bond donors (Lipinski definition) is 1. The Morgan fingerprint density at radius 1 is 1.07 bits per heavy atom. The number of halogens is 1. The van der Waals surface area contributed by atoms with Gasteiger partial charge in [-0.3, -0.25) is 9.59 Å². The molecule has 0 saturated carbocycles. The Balaban J connectivity index is 1.28. The van der Waals surface area contributed by atoms with Crippen molar-refractivity contribution in [3.63, 3.8) is 0 Å². The van der Waals surface area contributed by atoms with Gasteiger partial charge in [0.2, 0.25) is 5.88 Å². The van der Waals surface area contributed by atoms with Crippen molar-refractivity contribution in [2.75, 3.05) is 11.4 Å². The molecular formula is C29H23FN8O4. The molecule has 0 spiro atoms.